The Morgan fingerprint density at radius 2 is 2.18 bits per heavy atom. The predicted octanol–water partition coefficient (Wildman–Crippen LogP) is 2.43. The molecule has 2 aromatic rings. The van der Waals surface area contributed by atoms with Gasteiger partial charge in [-0.25, -0.2) is 4.79 Å². The van der Waals surface area contributed by atoms with Crippen molar-refractivity contribution in [3.8, 4) is 0 Å². The summed E-state index contributed by atoms with van der Waals surface area (Å²) < 4.78 is 2.13. The summed E-state index contributed by atoms with van der Waals surface area (Å²) in [5.74, 6) is -0.837. The lowest BCUT2D eigenvalue weighted by Gasteiger charge is -2.13. The quantitative estimate of drug-likeness (QED) is 0.945. The van der Waals surface area contributed by atoms with E-state index in [1.165, 1.54) is 18.5 Å². The Hall–Kier alpha value is -2.14. The number of carboxylic acid groups (broad SMARTS) is 1. The van der Waals surface area contributed by atoms with Gasteiger partial charge in [0.1, 0.15) is 0 Å². The monoisotopic (exact) mass is 297 g/mol. The summed E-state index contributed by atoms with van der Waals surface area (Å²) >= 11 is 0. The number of benzene rings is 1. The predicted molar refractivity (Wildman–Crippen MR) is 81.5 cm³/mol. The molecule has 3 heterocycles. The van der Waals surface area contributed by atoms with E-state index in [1.54, 1.807) is 6.07 Å². The Morgan fingerprint density at radius 1 is 1.27 bits per heavy atom. The number of aromatic carboxylic acids is 1. The summed E-state index contributed by atoms with van der Waals surface area (Å²) in [6.45, 7) is 3.31. The summed E-state index contributed by atoms with van der Waals surface area (Å²) in [5, 5.41) is 14.0. The van der Waals surface area contributed by atoms with Gasteiger partial charge in [-0.15, -0.1) is 0 Å². The Labute approximate surface area is 129 Å². The molecule has 1 N–H and O–H groups in total. The molecule has 0 unspecified atom stereocenters. The van der Waals surface area contributed by atoms with Crippen LogP contribution >= 0.6 is 0 Å². The second-order valence-electron chi connectivity index (χ2n) is 6.20. The highest BCUT2D eigenvalue weighted by atomic mass is 16.4. The average Bonchev–Trinajstić information content (AvgIpc) is 3.08. The van der Waals surface area contributed by atoms with Crippen molar-refractivity contribution in [2.24, 2.45) is 0 Å². The minimum absolute atomic E-state index is 0.434. The van der Waals surface area contributed by atoms with E-state index in [9.17, 15) is 9.90 Å². The van der Waals surface area contributed by atoms with Crippen LogP contribution in [0.5, 0.6) is 0 Å². The number of fused-ring (bicyclic) bond motifs is 2. The standard InChI is InChI=1S/C17H19N3O2/c21-17(22)15-6-3-4-12-9-19(11-16(12)15)10-13-8-14-5-1-2-7-20(14)18-13/h3-4,6,8H,1-2,5,7,9-11H2,(H,21,22). The molecule has 2 aliphatic heterocycles. The molecule has 5 heteroatoms. The number of aryl methyl sites for hydroxylation is 2. The highest BCUT2D eigenvalue weighted by Gasteiger charge is 2.25. The van der Waals surface area contributed by atoms with Gasteiger partial charge >= 0.3 is 5.97 Å². The van der Waals surface area contributed by atoms with Gasteiger partial charge in [-0.05, 0) is 42.5 Å². The molecule has 0 atom stereocenters. The van der Waals surface area contributed by atoms with Crippen molar-refractivity contribution in [3.63, 3.8) is 0 Å². The van der Waals surface area contributed by atoms with E-state index in [0.29, 0.717) is 12.1 Å². The third kappa shape index (κ3) is 2.31. The molecule has 0 bridgehead atoms. The smallest absolute Gasteiger partial charge is 0.336 e. The summed E-state index contributed by atoms with van der Waals surface area (Å²) in [6, 6.07) is 7.77. The molecule has 0 fully saturated rings. The van der Waals surface area contributed by atoms with Crippen LogP contribution in [0.3, 0.4) is 0 Å². The van der Waals surface area contributed by atoms with Crippen molar-refractivity contribution in [1.29, 1.82) is 0 Å². The molecule has 114 valence electrons. The van der Waals surface area contributed by atoms with Crippen molar-refractivity contribution in [1.82, 2.24) is 14.7 Å². The van der Waals surface area contributed by atoms with Gasteiger partial charge in [0.15, 0.2) is 0 Å². The maximum absolute atomic E-state index is 11.3. The molecular formula is C17H19N3O2. The first kappa shape index (κ1) is 13.5. The molecule has 0 saturated carbocycles. The maximum Gasteiger partial charge on any atom is 0.336 e. The van der Waals surface area contributed by atoms with E-state index in [-0.39, 0.29) is 0 Å². The molecule has 0 amide bonds. The normalized spacial score (nSPS) is 17.3. The molecule has 4 rings (SSSR count). The Balaban J connectivity index is 1.53. The maximum atomic E-state index is 11.3. The highest BCUT2D eigenvalue weighted by Crippen LogP contribution is 2.27. The molecule has 0 saturated heterocycles. The van der Waals surface area contributed by atoms with E-state index in [4.69, 9.17) is 5.10 Å². The number of hydrogen-bond donors (Lipinski definition) is 1. The Kier molecular flexibility index (Phi) is 3.22. The van der Waals surface area contributed by atoms with Crippen molar-refractivity contribution in [3.05, 3.63) is 52.3 Å². The van der Waals surface area contributed by atoms with Gasteiger partial charge in [-0.2, -0.15) is 5.10 Å². The van der Waals surface area contributed by atoms with Crippen molar-refractivity contribution < 1.29 is 9.90 Å². The van der Waals surface area contributed by atoms with E-state index in [2.05, 4.69) is 15.6 Å². The lowest BCUT2D eigenvalue weighted by molar-refractivity contribution is 0.0695. The molecule has 0 aliphatic carbocycles. The van der Waals surface area contributed by atoms with Gasteiger partial charge in [0, 0.05) is 31.9 Å². The van der Waals surface area contributed by atoms with E-state index in [1.807, 2.05) is 12.1 Å². The largest absolute Gasteiger partial charge is 0.478 e. The van der Waals surface area contributed by atoms with Crippen molar-refractivity contribution in [2.75, 3.05) is 0 Å². The number of hydrogen-bond acceptors (Lipinski definition) is 3. The van der Waals surface area contributed by atoms with Crippen molar-refractivity contribution in [2.45, 2.75) is 45.4 Å². The summed E-state index contributed by atoms with van der Waals surface area (Å²) in [6.07, 6.45) is 3.59. The van der Waals surface area contributed by atoms with Crippen LogP contribution in [0.25, 0.3) is 0 Å². The number of aromatic nitrogens is 2. The number of carbonyl (C=O) groups is 1. The first-order valence-electron chi connectivity index (χ1n) is 7.83. The number of carboxylic acids is 1. The Morgan fingerprint density at radius 3 is 3.00 bits per heavy atom. The molecule has 1 aromatic carbocycles. The zero-order valence-corrected chi connectivity index (χ0v) is 12.5. The second-order valence-corrected chi connectivity index (χ2v) is 6.20. The topological polar surface area (TPSA) is 58.4 Å². The highest BCUT2D eigenvalue weighted by molar-refractivity contribution is 5.90. The fourth-order valence-corrected chi connectivity index (χ4v) is 3.59. The van der Waals surface area contributed by atoms with Crippen LogP contribution in [-0.2, 0) is 32.6 Å². The summed E-state index contributed by atoms with van der Waals surface area (Å²) in [7, 11) is 0. The fraction of sp³-hybridized carbons (Fsp3) is 0.412. The van der Waals surface area contributed by atoms with Crippen LogP contribution in [0.2, 0.25) is 0 Å². The second kappa shape index (κ2) is 5.25. The van der Waals surface area contributed by atoms with Gasteiger partial charge in [0.2, 0.25) is 0 Å². The summed E-state index contributed by atoms with van der Waals surface area (Å²) in [5.41, 5.74) is 4.96. The number of rotatable bonds is 3. The molecule has 1 aromatic heterocycles. The summed E-state index contributed by atoms with van der Waals surface area (Å²) in [4.78, 5) is 13.6. The van der Waals surface area contributed by atoms with Gasteiger partial charge in [0.25, 0.3) is 0 Å². The molecule has 0 radical (unpaired) electrons. The first-order valence-corrected chi connectivity index (χ1v) is 7.83. The molecule has 22 heavy (non-hydrogen) atoms. The SMILES string of the molecule is O=C(O)c1cccc2c1CN(Cc1cc3n(n1)CCCC3)C2. The van der Waals surface area contributed by atoms with Crippen LogP contribution in [-0.4, -0.2) is 25.8 Å². The lowest BCUT2D eigenvalue weighted by atomic mass is 10.0. The fourth-order valence-electron chi connectivity index (χ4n) is 3.59. The van der Waals surface area contributed by atoms with Crippen LogP contribution in [0.1, 0.15) is 45.7 Å². The van der Waals surface area contributed by atoms with Crippen LogP contribution in [0.4, 0.5) is 0 Å². The molecule has 0 spiro atoms. The van der Waals surface area contributed by atoms with E-state index < -0.39 is 5.97 Å². The van der Waals surface area contributed by atoms with Crippen LogP contribution in [0, 0.1) is 0 Å². The Bertz CT molecular complexity index is 712. The van der Waals surface area contributed by atoms with Crippen LogP contribution < -0.4 is 0 Å². The van der Waals surface area contributed by atoms with Crippen LogP contribution in [0.15, 0.2) is 24.3 Å². The lowest BCUT2D eigenvalue weighted by Crippen LogP contribution is -2.17. The molecular weight excluding hydrogens is 278 g/mol. The van der Waals surface area contributed by atoms with Crippen molar-refractivity contribution >= 4 is 5.97 Å². The first-order chi connectivity index (χ1) is 10.7. The minimum Gasteiger partial charge on any atom is -0.478 e. The molecule has 2 aliphatic rings. The van der Waals surface area contributed by atoms with Gasteiger partial charge < -0.3 is 5.11 Å². The zero-order valence-electron chi connectivity index (χ0n) is 12.5. The van der Waals surface area contributed by atoms with Gasteiger partial charge in [0.05, 0.1) is 11.3 Å². The van der Waals surface area contributed by atoms with E-state index in [0.717, 1.165) is 42.9 Å². The third-order valence-corrected chi connectivity index (χ3v) is 4.63. The third-order valence-electron chi connectivity index (χ3n) is 4.63. The van der Waals surface area contributed by atoms with E-state index >= 15 is 0 Å². The van der Waals surface area contributed by atoms with Gasteiger partial charge in [-0.3, -0.25) is 9.58 Å². The zero-order chi connectivity index (χ0) is 15.1. The molecule has 5 nitrogen and oxygen atoms in total. The van der Waals surface area contributed by atoms with Gasteiger partial charge in [-0.1, -0.05) is 12.1 Å². The number of nitrogens with zero attached hydrogens (tertiary/aromatic N) is 3. The average molecular weight is 297 g/mol. The minimum atomic E-state index is -0.837.